The number of aliphatic carboxylic acids is 2. The van der Waals surface area contributed by atoms with Gasteiger partial charge in [0.25, 0.3) is 0 Å². The predicted octanol–water partition coefficient (Wildman–Crippen LogP) is -1.29. The maximum Gasteiger partial charge on any atom is 0.327 e. The monoisotopic (exact) mass is 434 g/mol. The Kier molecular flexibility index (Phi) is 11.9. The van der Waals surface area contributed by atoms with E-state index in [1.54, 1.807) is 6.92 Å². The van der Waals surface area contributed by atoms with Crippen LogP contribution in [-0.2, 0) is 24.0 Å². The van der Waals surface area contributed by atoms with Gasteiger partial charge in [-0.2, -0.15) is 12.6 Å². The van der Waals surface area contributed by atoms with Crippen molar-refractivity contribution in [2.45, 2.75) is 64.2 Å². The van der Waals surface area contributed by atoms with Gasteiger partial charge in [0.2, 0.25) is 17.7 Å². The minimum Gasteiger partial charge on any atom is -0.481 e. The number of carbonyl (C=O) groups is 5. The molecule has 29 heavy (non-hydrogen) atoms. The first kappa shape index (κ1) is 26.7. The summed E-state index contributed by atoms with van der Waals surface area (Å²) in [5, 5.41) is 25.1. The molecule has 0 saturated heterocycles. The van der Waals surface area contributed by atoms with E-state index in [4.69, 9.17) is 15.9 Å². The van der Waals surface area contributed by atoms with Crippen molar-refractivity contribution >= 4 is 42.3 Å². The highest BCUT2D eigenvalue weighted by molar-refractivity contribution is 7.80. The van der Waals surface area contributed by atoms with Crippen LogP contribution < -0.4 is 21.7 Å². The Morgan fingerprint density at radius 1 is 0.931 bits per heavy atom. The van der Waals surface area contributed by atoms with Crippen molar-refractivity contribution in [3.63, 3.8) is 0 Å². The van der Waals surface area contributed by atoms with Gasteiger partial charge in [0, 0.05) is 12.2 Å². The number of carbonyl (C=O) groups excluding carboxylic acids is 3. The standard InChI is InChI=1S/C17H30N4O7S/c1-4-8(2)13(21-14(24)9(3)18)16(26)19-10(5-6-12(22)23)15(25)20-11(7-29)17(27)28/h8-11,13,29H,4-7,18H2,1-3H3,(H,19,26)(H,20,25)(H,21,24)(H,22,23)(H,27,28). The van der Waals surface area contributed by atoms with Gasteiger partial charge in [-0.15, -0.1) is 0 Å². The molecule has 5 unspecified atom stereocenters. The molecule has 0 saturated carbocycles. The Morgan fingerprint density at radius 3 is 1.90 bits per heavy atom. The van der Waals surface area contributed by atoms with E-state index >= 15 is 0 Å². The van der Waals surface area contributed by atoms with Crippen LogP contribution in [0.25, 0.3) is 0 Å². The summed E-state index contributed by atoms with van der Waals surface area (Å²) in [5.74, 6) is -5.12. The molecule has 0 aromatic rings. The summed E-state index contributed by atoms with van der Waals surface area (Å²) in [6.07, 6.45) is -0.165. The SMILES string of the molecule is CCC(C)C(NC(=O)C(C)N)C(=O)NC(CCC(=O)O)C(=O)NC(CS)C(=O)O. The molecule has 0 bridgehead atoms. The average Bonchev–Trinajstić information content (AvgIpc) is 2.65. The van der Waals surface area contributed by atoms with Gasteiger partial charge in [-0.3, -0.25) is 19.2 Å². The smallest absolute Gasteiger partial charge is 0.327 e. The molecule has 0 aliphatic carbocycles. The molecule has 0 spiro atoms. The lowest BCUT2D eigenvalue weighted by molar-refractivity contribution is -0.142. The molecule has 0 aromatic carbocycles. The van der Waals surface area contributed by atoms with E-state index in [9.17, 15) is 24.0 Å². The molecule has 0 rings (SSSR count). The second kappa shape index (κ2) is 13.0. The van der Waals surface area contributed by atoms with Gasteiger partial charge < -0.3 is 31.9 Å². The fourth-order valence-corrected chi connectivity index (χ4v) is 2.49. The van der Waals surface area contributed by atoms with E-state index in [1.807, 2.05) is 6.92 Å². The lowest BCUT2D eigenvalue weighted by Gasteiger charge is -2.27. The molecule has 0 aromatic heterocycles. The van der Waals surface area contributed by atoms with E-state index in [1.165, 1.54) is 6.92 Å². The van der Waals surface area contributed by atoms with Gasteiger partial charge in [0.1, 0.15) is 18.1 Å². The second-order valence-electron chi connectivity index (χ2n) is 6.74. The third-order valence-corrected chi connectivity index (χ3v) is 4.65. The fourth-order valence-electron chi connectivity index (χ4n) is 2.24. The summed E-state index contributed by atoms with van der Waals surface area (Å²) >= 11 is 3.85. The van der Waals surface area contributed by atoms with Crippen LogP contribution in [0, 0.1) is 5.92 Å². The highest BCUT2D eigenvalue weighted by Gasteiger charge is 2.32. The zero-order chi connectivity index (χ0) is 22.7. The molecule has 0 radical (unpaired) electrons. The molecule has 5 atom stereocenters. The van der Waals surface area contributed by atoms with Gasteiger partial charge in [0.15, 0.2) is 0 Å². The van der Waals surface area contributed by atoms with E-state index in [0.717, 1.165) is 0 Å². The van der Waals surface area contributed by atoms with Crippen molar-refractivity contribution in [2.24, 2.45) is 11.7 Å². The number of nitrogens with one attached hydrogen (secondary N) is 3. The van der Waals surface area contributed by atoms with Crippen LogP contribution in [-0.4, -0.2) is 69.8 Å². The third kappa shape index (κ3) is 9.61. The zero-order valence-corrected chi connectivity index (χ0v) is 17.6. The number of thiol groups is 1. The van der Waals surface area contributed by atoms with Crippen LogP contribution in [0.3, 0.4) is 0 Å². The van der Waals surface area contributed by atoms with Gasteiger partial charge in [-0.1, -0.05) is 20.3 Å². The van der Waals surface area contributed by atoms with Gasteiger partial charge in [-0.05, 0) is 19.3 Å². The summed E-state index contributed by atoms with van der Waals surface area (Å²) in [7, 11) is 0. The number of carboxylic acid groups (broad SMARTS) is 2. The van der Waals surface area contributed by atoms with Crippen LogP contribution >= 0.6 is 12.6 Å². The number of carboxylic acids is 2. The molecule has 0 fully saturated rings. The zero-order valence-electron chi connectivity index (χ0n) is 16.7. The Morgan fingerprint density at radius 2 is 1.48 bits per heavy atom. The number of rotatable bonds is 13. The van der Waals surface area contributed by atoms with Crippen LogP contribution in [0.4, 0.5) is 0 Å². The van der Waals surface area contributed by atoms with E-state index in [-0.39, 0.29) is 18.1 Å². The number of nitrogens with two attached hydrogens (primary N) is 1. The molecule has 12 heteroatoms. The number of hydrogen-bond acceptors (Lipinski definition) is 7. The van der Waals surface area contributed by atoms with Crippen molar-refractivity contribution in [3.05, 3.63) is 0 Å². The van der Waals surface area contributed by atoms with Crippen molar-refractivity contribution in [2.75, 3.05) is 5.75 Å². The summed E-state index contributed by atoms with van der Waals surface area (Å²) < 4.78 is 0. The first-order valence-corrected chi connectivity index (χ1v) is 9.79. The van der Waals surface area contributed by atoms with Crippen molar-refractivity contribution in [1.82, 2.24) is 16.0 Å². The first-order chi connectivity index (χ1) is 13.4. The summed E-state index contributed by atoms with van der Waals surface area (Å²) in [4.78, 5) is 59.1. The summed E-state index contributed by atoms with van der Waals surface area (Å²) in [5.41, 5.74) is 5.52. The van der Waals surface area contributed by atoms with Crippen LogP contribution in [0.5, 0.6) is 0 Å². The maximum atomic E-state index is 12.7. The van der Waals surface area contributed by atoms with Crippen molar-refractivity contribution < 1.29 is 34.2 Å². The average molecular weight is 435 g/mol. The van der Waals surface area contributed by atoms with E-state index < -0.39 is 60.2 Å². The molecule has 0 heterocycles. The number of amides is 3. The Balaban J connectivity index is 5.45. The summed E-state index contributed by atoms with van der Waals surface area (Å²) in [6.45, 7) is 4.98. The molecule has 166 valence electrons. The molecule has 0 aliphatic rings. The maximum absolute atomic E-state index is 12.7. The third-order valence-electron chi connectivity index (χ3n) is 4.28. The van der Waals surface area contributed by atoms with E-state index in [2.05, 4.69) is 28.6 Å². The fraction of sp³-hybridized carbons (Fsp3) is 0.706. The highest BCUT2D eigenvalue weighted by Crippen LogP contribution is 2.10. The quantitative estimate of drug-likeness (QED) is 0.174. The minimum atomic E-state index is -1.32. The van der Waals surface area contributed by atoms with Crippen molar-refractivity contribution in [1.29, 1.82) is 0 Å². The summed E-state index contributed by atoms with van der Waals surface area (Å²) in [6, 6.07) is -4.47. The highest BCUT2D eigenvalue weighted by atomic mass is 32.1. The molecule has 11 nitrogen and oxygen atoms in total. The Hall–Kier alpha value is -2.34. The first-order valence-electron chi connectivity index (χ1n) is 9.16. The molecule has 7 N–H and O–H groups in total. The Labute approximate surface area is 174 Å². The largest absolute Gasteiger partial charge is 0.481 e. The topological polar surface area (TPSA) is 188 Å². The van der Waals surface area contributed by atoms with E-state index in [0.29, 0.717) is 6.42 Å². The second-order valence-corrected chi connectivity index (χ2v) is 7.10. The number of hydrogen-bond donors (Lipinski definition) is 7. The lowest BCUT2D eigenvalue weighted by Crippen LogP contribution is -2.58. The Bertz CT molecular complexity index is 615. The molecular weight excluding hydrogens is 404 g/mol. The lowest BCUT2D eigenvalue weighted by atomic mass is 9.97. The van der Waals surface area contributed by atoms with Gasteiger partial charge in [-0.25, -0.2) is 4.79 Å². The molecule has 3 amide bonds. The van der Waals surface area contributed by atoms with Gasteiger partial charge >= 0.3 is 11.9 Å². The molecule has 0 aliphatic heterocycles. The molecular formula is C17H30N4O7S. The van der Waals surface area contributed by atoms with Gasteiger partial charge in [0.05, 0.1) is 6.04 Å². The van der Waals surface area contributed by atoms with Crippen LogP contribution in [0.2, 0.25) is 0 Å². The normalized spacial score (nSPS) is 15.9. The van der Waals surface area contributed by atoms with Crippen LogP contribution in [0.1, 0.15) is 40.0 Å². The van der Waals surface area contributed by atoms with Crippen LogP contribution in [0.15, 0.2) is 0 Å². The minimum absolute atomic E-state index is 0.194. The van der Waals surface area contributed by atoms with Crippen molar-refractivity contribution in [3.8, 4) is 0 Å². The predicted molar refractivity (Wildman–Crippen MR) is 107 cm³/mol.